The molecule has 0 bridgehead atoms. The van der Waals surface area contributed by atoms with Gasteiger partial charge >= 0.3 is 5.97 Å². The van der Waals surface area contributed by atoms with Crippen molar-refractivity contribution in [2.45, 2.75) is 6.92 Å². The van der Waals surface area contributed by atoms with Gasteiger partial charge in [-0.2, -0.15) is 0 Å². The molecule has 5 heteroatoms. The van der Waals surface area contributed by atoms with E-state index in [0.29, 0.717) is 11.3 Å². The first-order chi connectivity index (χ1) is 10.5. The van der Waals surface area contributed by atoms with Crippen molar-refractivity contribution >= 4 is 33.4 Å². The van der Waals surface area contributed by atoms with E-state index in [1.807, 2.05) is 19.1 Å². The fourth-order valence-electron chi connectivity index (χ4n) is 1.77. The van der Waals surface area contributed by atoms with Crippen molar-refractivity contribution < 1.29 is 14.7 Å². The molecule has 0 aliphatic rings. The number of anilines is 1. The van der Waals surface area contributed by atoms with E-state index in [9.17, 15) is 14.7 Å². The second kappa shape index (κ2) is 7.04. The van der Waals surface area contributed by atoms with Crippen LogP contribution in [0.15, 0.2) is 64.8 Å². The maximum atomic E-state index is 12.1. The Balaban J connectivity index is 2.23. The number of allylic oxidation sites excluding steroid dienone is 1. The first-order valence-corrected chi connectivity index (χ1v) is 7.33. The zero-order valence-electron chi connectivity index (χ0n) is 11.8. The van der Waals surface area contributed by atoms with Crippen LogP contribution in [0.2, 0.25) is 0 Å². The van der Waals surface area contributed by atoms with E-state index >= 15 is 0 Å². The van der Waals surface area contributed by atoms with Crippen molar-refractivity contribution in [2.75, 3.05) is 5.32 Å². The number of carboxylic acid groups (broad SMARTS) is 1. The third-order valence-electron chi connectivity index (χ3n) is 2.97. The van der Waals surface area contributed by atoms with Crippen molar-refractivity contribution in [1.29, 1.82) is 0 Å². The number of benzene rings is 2. The number of carbonyl (C=O) groups excluding carboxylic acids is 1. The van der Waals surface area contributed by atoms with Crippen molar-refractivity contribution in [3.05, 3.63) is 75.9 Å². The Morgan fingerprint density at radius 1 is 1.05 bits per heavy atom. The van der Waals surface area contributed by atoms with Gasteiger partial charge < -0.3 is 10.4 Å². The quantitative estimate of drug-likeness (QED) is 0.624. The number of aryl methyl sites for hydroxylation is 1. The van der Waals surface area contributed by atoms with Crippen LogP contribution in [0.5, 0.6) is 0 Å². The van der Waals surface area contributed by atoms with Gasteiger partial charge in [-0.3, -0.25) is 4.79 Å². The van der Waals surface area contributed by atoms with Crippen LogP contribution in [0.3, 0.4) is 0 Å². The zero-order chi connectivity index (χ0) is 16.1. The van der Waals surface area contributed by atoms with E-state index in [0.717, 1.165) is 16.1 Å². The lowest BCUT2D eigenvalue weighted by Gasteiger charge is -2.07. The predicted octanol–water partition coefficient (Wildman–Crippen LogP) is 4.02. The number of carboxylic acids is 1. The van der Waals surface area contributed by atoms with Crippen molar-refractivity contribution in [2.24, 2.45) is 0 Å². The fourth-order valence-corrected chi connectivity index (χ4v) is 2.04. The van der Waals surface area contributed by atoms with Gasteiger partial charge in [-0.1, -0.05) is 33.6 Å². The zero-order valence-corrected chi connectivity index (χ0v) is 13.4. The maximum absolute atomic E-state index is 12.1. The van der Waals surface area contributed by atoms with Gasteiger partial charge in [-0.05, 0) is 43.3 Å². The molecule has 0 unspecified atom stereocenters. The fraction of sp³-hybridized carbons (Fsp3) is 0.0588. The molecule has 0 amide bonds. The molecule has 0 aliphatic carbocycles. The van der Waals surface area contributed by atoms with Gasteiger partial charge in [0.15, 0.2) is 5.78 Å². The first-order valence-electron chi connectivity index (χ1n) is 6.54. The highest BCUT2D eigenvalue weighted by atomic mass is 79.9. The molecule has 2 aromatic carbocycles. The van der Waals surface area contributed by atoms with Crippen LogP contribution in [0.25, 0.3) is 0 Å². The summed E-state index contributed by atoms with van der Waals surface area (Å²) in [5.41, 5.74) is 1.93. The minimum absolute atomic E-state index is 0.170. The highest BCUT2D eigenvalue weighted by Gasteiger charge is 2.11. The van der Waals surface area contributed by atoms with Crippen molar-refractivity contribution in [3.63, 3.8) is 0 Å². The number of aliphatic carboxylic acids is 1. The summed E-state index contributed by atoms with van der Waals surface area (Å²) in [5, 5.41) is 12.0. The molecule has 0 aliphatic heterocycles. The number of hydrogen-bond donors (Lipinski definition) is 2. The summed E-state index contributed by atoms with van der Waals surface area (Å²) >= 11 is 3.29. The van der Waals surface area contributed by atoms with Gasteiger partial charge in [0.2, 0.25) is 0 Å². The van der Waals surface area contributed by atoms with E-state index in [4.69, 9.17) is 0 Å². The molecular formula is C17H14BrNO3. The summed E-state index contributed by atoms with van der Waals surface area (Å²) in [6.07, 6.45) is 1.09. The Labute approximate surface area is 136 Å². The molecule has 2 rings (SSSR count). The normalized spacial score (nSPS) is 11.1. The number of hydrogen-bond acceptors (Lipinski definition) is 3. The Hall–Kier alpha value is -2.40. The number of carbonyl (C=O) groups is 2. The molecular weight excluding hydrogens is 346 g/mol. The van der Waals surface area contributed by atoms with E-state index in [1.54, 1.807) is 36.4 Å². The molecule has 0 saturated heterocycles. The summed E-state index contributed by atoms with van der Waals surface area (Å²) in [5.74, 6) is -1.56. The van der Waals surface area contributed by atoms with Gasteiger partial charge in [0.1, 0.15) is 5.70 Å². The highest BCUT2D eigenvalue weighted by molar-refractivity contribution is 9.10. The van der Waals surface area contributed by atoms with Crippen LogP contribution in [-0.4, -0.2) is 16.9 Å². The monoisotopic (exact) mass is 359 g/mol. The summed E-state index contributed by atoms with van der Waals surface area (Å²) < 4.78 is 0.851. The molecule has 0 aromatic heterocycles. The third kappa shape index (κ3) is 4.30. The molecule has 2 N–H and O–H groups in total. The highest BCUT2D eigenvalue weighted by Crippen LogP contribution is 2.14. The molecule has 112 valence electrons. The van der Waals surface area contributed by atoms with Gasteiger partial charge in [-0.15, -0.1) is 0 Å². The Kier molecular flexibility index (Phi) is 5.12. The Morgan fingerprint density at radius 3 is 2.18 bits per heavy atom. The van der Waals surface area contributed by atoms with Crippen LogP contribution in [0, 0.1) is 6.92 Å². The topological polar surface area (TPSA) is 66.4 Å². The van der Waals surface area contributed by atoms with E-state index in [-0.39, 0.29) is 11.5 Å². The van der Waals surface area contributed by atoms with Crippen molar-refractivity contribution in [3.8, 4) is 0 Å². The third-order valence-corrected chi connectivity index (χ3v) is 3.49. The molecule has 2 aromatic rings. The molecule has 4 nitrogen and oxygen atoms in total. The van der Waals surface area contributed by atoms with Crippen LogP contribution in [0.1, 0.15) is 15.9 Å². The average molecular weight is 360 g/mol. The van der Waals surface area contributed by atoms with E-state index in [1.165, 1.54) is 0 Å². The maximum Gasteiger partial charge on any atom is 0.352 e. The average Bonchev–Trinajstić information content (AvgIpc) is 2.49. The number of ketones is 1. The molecule has 0 fully saturated rings. The Bertz CT molecular complexity index is 719. The standard InChI is InChI=1S/C17H14BrNO3/c1-11-2-8-14(9-3-11)19-15(17(21)22)10-16(20)12-4-6-13(18)7-5-12/h2-10,19H,1H3,(H,21,22)/b15-10-. The van der Waals surface area contributed by atoms with Gasteiger partial charge in [-0.25, -0.2) is 4.79 Å². The predicted molar refractivity (Wildman–Crippen MR) is 89.0 cm³/mol. The lowest BCUT2D eigenvalue weighted by Crippen LogP contribution is -2.13. The van der Waals surface area contributed by atoms with Crippen molar-refractivity contribution in [1.82, 2.24) is 0 Å². The Morgan fingerprint density at radius 2 is 1.64 bits per heavy atom. The van der Waals surface area contributed by atoms with E-state index in [2.05, 4.69) is 21.2 Å². The molecule has 0 radical (unpaired) electrons. The largest absolute Gasteiger partial charge is 0.477 e. The summed E-state index contributed by atoms with van der Waals surface area (Å²) in [4.78, 5) is 23.4. The lowest BCUT2D eigenvalue weighted by atomic mass is 10.1. The number of rotatable bonds is 5. The van der Waals surface area contributed by atoms with Crippen LogP contribution >= 0.6 is 15.9 Å². The molecule has 22 heavy (non-hydrogen) atoms. The second-order valence-electron chi connectivity index (χ2n) is 4.73. The summed E-state index contributed by atoms with van der Waals surface area (Å²) in [7, 11) is 0. The van der Waals surface area contributed by atoms with Gasteiger partial charge in [0.25, 0.3) is 0 Å². The van der Waals surface area contributed by atoms with Crippen LogP contribution in [0.4, 0.5) is 5.69 Å². The smallest absolute Gasteiger partial charge is 0.352 e. The first kappa shape index (κ1) is 16.0. The molecule has 0 heterocycles. The summed E-state index contributed by atoms with van der Waals surface area (Å²) in [6.45, 7) is 1.94. The minimum Gasteiger partial charge on any atom is -0.477 e. The van der Waals surface area contributed by atoms with Gasteiger partial charge in [0.05, 0.1) is 0 Å². The van der Waals surface area contributed by atoms with E-state index < -0.39 is 5.97 Å². The van der Waals surface area contributed by atoms with Crippen LogP contribution in [-0.2, 0) is 4.79 Å². The number of halogens is 1. The van der Waals surface area contributed by atoms with Gasteiger partial charge in [0, 0.05) is 21.8 Å². The molecule has 0 saturated carbocycles. The minimum atomic E-state index is -1.19. The molecule has 0 atom stereocenters. The lowest BCUT2D eigenvalue weighted by molar-refractivity contribution is -0.132. The molecule has 0 spiro atoms. The SMILES string of the molecule is Cc1ccc(N/C(=C\C(=O)c2ccc(Br)cc2)C(=O)O)cc1. The number of nitrogens with one attached hydrogen (secondary N) is 1. The second-order valence-corrected chi connectivity index (χ2v) is 5.64. The van der Waals surface area contributed by atoms with Crippen LogP contribution < -0.4 is 5.32 Å². The summed E-state index contributed by atoms with van der Waals surface area (Å²) in [6, 6.07) is 14.0.